The molecule has 0 aliphatic carbocycles. The molecule has 0 N–H and O–H groups in total. The van der Waals surface area contributed by atoms with Gasteiger partial charge in [0.1, 0.15) is 10.1 Å². The fourth-order valence-corrected chi connectivity index (χ4v) is 4.34. The third-order valence-corrected chi connectivity index (χ3v) is 5.97. The van der Waals surface area contributed by atoms with Crippen molar-refractivity contribution >= 4 is 40.3 Å². The predicted octanol–water partition coefficient (Wildman–Crippen LogP) is 6.07. The van der Waals surface area contributed by atoms with Crippen molar-refractivity contribution < 1.29 is 9.53 Å². The zero-order valence-electron chi connectivity index (χ0n) is 16.4. The Labute approximate surface area is 176 Å². The molecule has 3 nitrogen and oxygen atoms in total. The van der Waals surface area contributed by atoms with E-state index in [0.29, 0.717) is 21.8 Å². The number of amides is 1. The summed E-state index contributed by atoms with van der Waals surface area (Å²) in [4.78, 5) is 15.3. The molecule has 1 amide bonds. The zero-order valence-corrected chi connectivity index (χ0v) is 18.1. The summed E-state index contributed by atoms with van der Waals surface area (Å²) in [6, 6.07) is 17.7. The fraction of sp³-hybridized carbons (Fsp3) is 0.304. The molecule has 0 radical (unpaired) electrons. The van der Waals surface area contributed by atoms with Gasteiger partial charge < -0.3 is 4.74 Å². The molecular weight excluding hydrogens is 386 g/mol. The van der Waals surface area contributed by atoms with Gasteiger partial charge in [-0.3, -0.25) is 9.69 Å². The van der Waals surface area contributed by atoms with Crippen molar-refractivity contribution in [3.05, 3.63) is 70.6 Å². The van der Waals surface area contributed by atoms with Crippen LogP contribution < -0.4 is 4.74 Å². The normalized spacial score (nSPS) is 16.9. The van der Waals surface area contributed by atoms with Crippen LogP contribution in [0.1, 0.15) is 44.4 Å². The summed E-state index contributed by atoms with van der Waals surface area (Å²) in [5.74, 6) is 1.44. The first-order valence-corrected chi connectivity index (χ1v) is 10.7. The Morgan fingerprint density at radius 1 is 1.07 bits per heavy atom. The highest BCUT2D eigenvalue weighted by molar-refractivity contribution is 8.26. The lowest BCUT2D eigenvalue weighted by Gasteiger charge is -2.23. The van der Waals surface area contributed by atoms with E-state index < -0.39 is 0 Å². The number of hydrogen-bond donors (Lipinski definition) is 0. The van der Waals surface area contributed by atoms with Crippen LogP contribution >= 0.6 is 24.0 Å². The quantitative estimate of drug-likeness (QED) is 0.408. The van der Waals surface area contributed by atoms with E-state index in [-0.39, 0.29) is 11.9 Å². The summed E-state index contributed by atoms with van der Waals surface area (Å²) in [5, 5.41) is 0. The van der Waals surface area contributed by atoms with Gasteiger partial charge in [-0.05, 0) is 48.6 Å². The Kier molecular flexibility index (Phi) is 6.92. The standard InChI is InChI=1S/C23H25NO2S2/c1-16(2)13-14-26-20-11-9-18(10-12-20)15-21-22(25)24(23(27)28-21)17(3)19-7-5-4-6-8-19/h4-12,15-17H,13-14H2,1-3H3/b21-15-/t17-/m0/s1. The van der Waals surface area contributed by atoms with Gasteiger partial charge in [0.2, 0.25) is 0 Å². The van der Waals surface area contributed by atoms with E-state index in [2.05, 4.69) is 13.8 Å². The molecule has 0 saturated carbocycles. The summed E-state index contributed by atoms with van der Waals surface area (Å²) in [5.41, 5.74) is 2.03. The molecule has 1 atom stereocenters. The molecule has 0 bridgehead atoms. The molecule has 1 saturated heterocycles. The van der Waals surface area contributed by atoms with Crippen LogP contribution in [0.25, 0.3) is 6.08 Å². The monoisotopic (exact) mass is 411 g/mol. The number of ether oxygens (including phenoxy) is 1. The third kappa shape index (κ3) is 5.03. The second kappa shape index (κ2) is 9.39. The molecule has 2 aromatic carbocycles. The van der Waals surface area contributed by atoms with Crippen molar-refractivity contribution in [1.29, 1.82) is 0 Å². The maximum Gasteiger partial charge on any atom is 0.266 e. The second-order valence-electron chi connectivity index (χ2n) is 7.24. The topological polar surface area (TPSA) is 29.5 Å². The highest BCUT2D eigenvalue weighted by Crippen LogP contribution is 2.38. The van der Waals surface area contributed by atoms with Crippen LogP contribution in [0.3, 0.4) is 0 Å². The largest absolute Gasteiger partial charge is 0.494 e. The SMILES string of the molecule is CC(C)CCOc1ccc(/C=C2\SC(=S)N([C@@H](C)c3ccccc3)C2=O)cc1. The third-order valence-electron chi connectivity index (χ3n) is 4.63. The fourth-order valence-electron chi connectivity index (χ4n) is 2.92. The maximum atomic E-state index is 12.9. The first-order chi connectivity index (χ1) is 13.5. The Balaban J connectivity index is 1.69. The number of rotatable bonds is 7. The molecule has 1 aliphatic rings. The van der Waals surface area contributed by atoms with Crippen molar-refractivity contribution in [2.24, 2.45) is 5.92 Å². The molecule has 0 spiro atoms. The molecule has 1 heterocycles. The van der Waals surface area contributed by atoms with E-state index in [1.165, 1.54) is 11.8 Å². The van der Waals surface area contributed by atoms with Gasteiger partial charge in [0, 0.05) is 0 Å². The van der Waals surface area contributed by atoms with Crippen LogP contribution in [-0.4, -0.2) is 21.7 Å². The molecule has 146 valence electrons. The predicted molar refractivity (Wildman–Crippen MR) is 121 cm³/mol. The number of carbonyl (C=O) groups excluding carboxylic acids is 1. The minimum Gasteiger partial charge on any atom is -0.494 e. The zero-order chi connectivity index (χ0) is 20.1. The Morgan fingerprint density at radius 3 is 2.39 bits per heavy atom. The first kappa shape index (κ1) is 20.6. The lowest BCUT2D eigenvalue weighted by molar-refractivity contribution is -0.123. The van der Waals surface area contributed by atoms with Crippen molar-refractivity contribution in [3.8, 4) is 5.75 Å². The number of hydrogen-bond acceptors (Lipinski definition) is 4. The maximum absolute atomic E-state index is 12.9. The molecule has 1 aliphatic heterocycles. The van der Waals surface area contributed by atoms with E-state index >= 15 is 0 Å². The van der Waals surface area contributed by atoms with Crippen LogP contribution in [0.4, 0.5) is 0 Å². The summed E-state index contributed by atoms with van der Waals surface area (Å²) in [6.45, 7) is 7.09. The van der Waals surface area contributed by atoms with Gasteiger partial charge in [-0.25, -0.2) is 0 Å². The minimum atomic E-state index is -0.0867. The lowest BCUT2D eigenvalue weighted by Crippen LogP contribution is -2.30. The summed E-state index contributed by atoms with van der Waals surface area (Å²) in [6.07, 6.45) is 2.93. The number of thiocarbonyl (C=S) groups is 1. The number of carbonyl (C=O) groups is 1. The number of thioether (sulfide) groups is 1. The summed E-state index contributed by atoms with van der Waals surface area (Å²) >= 11 is 6.84. The van der Waals surface area contributed by atoms with Gasteiger partial charge in [0.25, 0.3) is 5.91 Å². The van der Waals surface area contributed by atoms with Gasteiger partial charge in [-0.15, -0.1) is 0 Å². The number of nitrogens with zero attached hydrogens (tertiary/aromatic N) is 1. The Hall–Kier alpha value is -2.11. The summed E-state index contributed by atoms with van der Waals surface area (Å²) < 4.78 is 6.35. The van der Waals surface area contributed by atoms with E-state index in [9.17, 15) is 4.79 Å². The Morgan fingerprint density at radius 2 is 1.75 bits per heavy atom. The highest BCUT2D eigenvalue weighted by Gasteiger charge is 2.35. The van der Waals surface area contributed by atoms with Crippen molar-refractivity contribution in [2.45, 2.75) is 33.2 Å². The van der Waals surface area contributed by atoms with Crippen molar-refractivity contribution in [3.63, 3.8) is 0 Å². The molecule has 28 heavy (non-hydrogen) atoms. The summed E-state index contributed by atoms with van der Waals surface area (Å²) in [7, 11) is 0. The van der Waals surface area contributed by atoms with Gasteiger partial charge in [-0.2, -0.15) is 0 Å². The van der Waals surface area contributed by atoms with Gasteiger partial charge in [-0.1, -0.05) is 80.3 Å². The van der Waals surface area contributed by atoms with Crippen LogP contribution in [0.15, 0.2) is 59.5 Å². The Bertz CT molecular complexity index is 860. The molecule has 2 aromatic rings. The van der Waals surface area contributed by atoms with Gasteiger partial charge in [0.15, 0.2) is 0 Å². The number of benzene rings is 2. The molecule has 0 aromatic heterocycles. The van der Waals surface area contributed by atoms with Crippen molar-refractivity contribution in [2.75, 3.05) is 6.61 Å². The van der Waals surface area contributed by atoms with E-state index in [0.717, 1.165) is 23.3 Å². The van der Waals surface area contributed by atoms with Crippen LogP contribution in [-0.2, 0) is 4.79 Å². The van der Waals surface area contributed by atoms with Crippen LogP contribution in [0.5, 0.6) is 5.75 Å². The minimum absolute atomic E-state index is 0.0383. The first-order valence-electron chi connectivity index (χ1n) is 9.50. The average Bonchev–Trinajstić information content (AvgIpc) is 2.96. The van der Waals surface area contributed by atoms with E-state index in [1.807, 2.05) is 67.6 Å². The molecule has 1 fully saturated rings. The molecular formula is C23H25NO2S2. The second-order valence-corrected chi connectivity index (χ2v) is 8.91. The van der Waals surface area contributed by atoms with Crippen LogP contribution in [0, 0.1) is 5.92 Å². The van der Waals surface area contributed by atoms with Gasteiger partial charge >= 0.3 is 0 Å². The van der Waals surface area contributed by atoms with Crippen molar-refractivity contribution in [1.82, 2.24) is 4.90 Å². The van der Waals surface area contributed by atoms with Crippen LogP contribution in [0.2, 0.25) is 0 Å². The lowest BCUT2D eigenvalue weighted by atomic mass is 10.1. The van der Waals surface area contributed by atoms with E-state index in [4.69, 9.17) is 17.0 Å². The average molecular weight is 412 g/mol. The van der Waals surface area contributed by atoms with E-state index in [1.54, 1.807) is 4.90 Å². The molecule has 5 heteroatoms. The molecule has 0 unspecified atom stereocenters. The highest BCUT2D eigenvalue weighted by atomic mass is 32.2. The smallest absolute Gasteiger partial charge is 0.266 e. The molecule has 3 rings (SSSR count). The van der Waals surface area contributed by atoms with Gasteiger partial charge in [0.05, 0.1) is 17.6 Å².